The molecule has 6 rings (SSSR count). The van der Waals surface area contributed by atoms with Crippen molar-refractivity contribution in [1.82, 2.24) is 19.1 Å². The molecule has 0 unspecified atom stereocenters. The quantitative estimate of drug-likeness (QED) is 0.248. The standard InChI is InChI=1S/C27H18N4OS2/c32-19(13-15-24-28-20-7-1-3-9-22(20)30(24)26-11-5-17-33-26)14-16-25-29-21-8-2-4-10-23(21)31(25)27-12-6-18-34-27/h1-18H/b15-13+,16-14+. The molecule has 0 spiro atoms. The van der Waals surface area contributed by atoms with Crippen molar-refractivity contribution >= 4 is 62.7 Å². The van der Waals surface area contributed by atoms with Crippen LogP contribution in [0.3, 0.4) is 0 Å². The first-order chi connectivity index (χ1) is 16.8. The van der Waals surface area contributed by atoms with Crippen LogP contribution >= 0.6 is 22.7 Å². The lowest BCUT2D eigenvalue weighted by Gasteiger charge is -2.03. The molecule has 0 fully saturated rings. The molecule has 2 aromatic carbocycles. The molecule has 0 saturated heterocycles. The largest absolute Gasteiger partial charge is 0.290 e. The third-order valence-electron chi connectivity index (χ3n) is 5.42. The Kier molecular flexibility index (Phi) is 5.25. The average Bonchev–Trinajstić information content (AvgIpc) is 3.65. The molecule has 6 aromatic rings. The first-order valence-electron chi connectivity index (χ1n) is 10.7. The van der Waals surface area contributed by atoms with Crippen molar-refractivity contribution in [2.24, 2.45) is 0 Å². The third-order valence-corrected chi connectivity index (χ3v) is 7.13. The van der Waals surface area contributed by atoms with Crippen LogP contribution in [0, 0.1) is 0 Å². The number of hydrogen-bond acceptors (Lipinski definition) is 5. The number of ketones is 1. The van der Waals surface area contributed by atoms with Crippen LogP contribution in [0.4, 0.5) is 0 Å². The minimum Gasteiger partial charge on any atom is -0.290 e. The van der Waals surface area contributed by atoms with E-state index < -0.39 is 0 Å². The van der Waals surface area contributed by atoms with Gasteiger partial charge in [-0.3, -0.25) is 13.9 Å². The van der Waals surface area contributed by atoms with Crippen LogP contribution in [0.15, 0.2) is 95.7 Å². The first-order valence-corrected chi connectivity index (χ1v) is 12.5. The highest BCUT2D eigenvalue weighted by molar-refractivity contribution is 7.12. The zero-order chi connectivity index (χ0) is 22.9. The Morgan fingerprint density at radius 2 is 1.12 bits per heavy atom. The summed E-state index contributed by atoms with van der Waals surface area (Å²) in [6, 6.07) is 24.1. The number of carbonyl (C=O) groups is 1. The molecule has 4 aromatic heterocycles. The van der Waals surface area contributed by atoms with E-state index in [1.54, 1.807) is 47.0 Å². The van der Waals surface area contributed by atoms with E-state index >= 15 is 0 Å². The highest BCUT2D eigenvalue weighted by Crippen LogP contribution is 2.26. The maximum atomic E-state index is 12.8. The first kappa shape index (κ1) is 20.5. The number of benzene rings is 2. The Bertz CT molecular complexity index is 1540. The van der Waals surface area contributed by atoms with Gasteiger partial charge in [0, 0.05) is 0 Å². The SMILES string of the molecule is O=C(/C=C/c1nc2ccccc2n1-c1cccs1)/C=C/c1nc2ccccc2n1-c1cccs1. The molecule has 7 heteroatoms. The molecule has 0 radical (unpaired) electrons. The summed E-state index contributed by atoms with van der Waals surface area (Å²) in [6.07, 6.45) is 6.66. The fraction of sp³-hybridized carbons (Fsp3) is 0. The van der Waals surface area contributed by atoms with Crippen molar-refractivity contribution in [2.45, 2.75) is 0 Å². The minimum atomic E-state index is -0.130. The maximum absolute atomic E-state index is 12.8. The summed E-state index contributed by atoms with van der Waals surface area (Å²) in [7, 11) is 0. The molecule has 0 saturated carbocycles. The number of nitrogens with zero attached hydrogens (tertiary/aromatic N) is 4. The third kappa shape index (κ3) is 3.71. The number of fused-ring (bicyclic) bond motifs is 2. The Labute approximate surface area is 203 Å². The summed E-state index contributed by atoms with van der Waals surface area (Å²) in [5.41, 5.74) is 3.81. The van der Waals surface area contributed by atoms with Crippen molar-refractivity contribution in [3.8, 4) is 10.0 Å². The van der Waals surface area contributed by atoms with E-state index in [2.05, 4.69) is 9.13 Å². The van der Waals surface area contributed by atoms with Crippen molar-refractivity contribution in [3.63, 3.8) is 0 Å². The Hall–Kier alpha value is -4.07. The topological polar surface area (TPSA) is 52.7 Å². The van der Waals surface area contributed by atoms with E-state index in [9.17, 15) is 4.79 Å². The second-order valence-electron chi connectivity index (χ2n) is 7.56. The van der Waals surface area contributed by atoms with Gasteiger partial charge in [0.1, 0.15) is 21.7 Å². The lowest BCUT2D eigenvalue weighted by molar-refractivity contribution is -0.110. The monoisotopic (exact) mass is 478 g/mol. The Morgan fingerprint density at radius 3 is 1.56 bits per heavy atom. The molecule has 0 bridgehead atoms. The molecule has 5 nitrogen and oxygen atoms in total. The highest BCUT2D eigenvalue weighted by Gasteiger charge is 2.12. The molecule has 0 N–H and O–H groups in total. The molecular formula is C27H18N4OS2. The van der Waals surface area contributed by atoms with Crippen molar-refractivity contribution in [1.29, 1.82) is 0 Å². The van der Waals surface area contributed by atoms with Crippen LogP contribution < -0.4 is 0 Å². The second kappa shape index (κ2) is 8.70. The molecule has 4 heterocycles. The minimum absolute atomic E-state index is 0.130. The van der Waals surface area contributed by atoms with Crippen LogP contribution in [-0.2, 0) is 4.79 Å². The van der Waals surface area contributed by atoms with Crippen molar-refractivity contribution in [3.05, 3.63) is 107 Å². The second-order valence-corrected chi connectivity index (χ2v) is 9.41. The van der Waals surface area contributed by atoms with Gasteiger partial charge in [-0.15, -0.1) is 22.7 Å². The Morgan fingerprint density at radius 1 is 0.647 bits per heavy atom. The molecule has 34 heavy (non-hydrogen) atoms. The lowest BCUT2D eigenvalue weighted by atomic mass is 10.3. The van der Waals surface area contributed by atoms with Crippen LogP contribution in [-0.4, -0.2) is 24.9 Å². The van der Waals surface area contributed by atoms with Gasteiger partial charge in [-0.05, 0) is 83.6 Å². The number of carbonyl (C=O) groups excluding carboxylic acids is 1. The smallest absolute Gasteiger partial charge is 0.178 e. The van der Waals surface area contributed by atoms with Gasteiger partial charge in [0.15, 0.2) is 5.78 Å². The van der Waals surface area contributed by atoms with E-state index in [4.69, 9.17) is 9.97 Å². The Balaban J connectivity index is 1.33. The predicted octanol–water partition coefficient (Wildman–Crippen LogP) is 6.78. The fourth-order valence-electron chi connectivity index (χ4n) is 3.94. The molecule has 0 aliphatic heterocycles. The normalized spacial score (nSPS) is 12.0. The molecule has 0 amide bonds. The van der Waals surface area contributed by atoms with E-state index in [-0.39, 0.29) is 5.78 Å². The van der Waals surface area contributed by atoms with Crippen molar-refractivity contribution < 1.29 is 4.79 Å². The summed E-state index contributed by atoms with van der Waals surface area (Å²) in [4.78, 5) is 22.2. The summed E-state index contributed by atoms with van der Waals surface area (Å²) in [6.45, 7) is 0. The van der Waals surface area contributed by atoms with Gasteiger partial charge < -0.3 is 0 Å². The number of imidazole rings is 2. The van der Waals surface area contributed by atoms with Crippen LogP contribution in [0.25, 0.3) is 44.2 Å². The van der Waals surface area contributed by atoms with Gasteiger partial charge in [0.25, 0.3) is 0 Å². The average molecular weight is 479 g/mol. The number of rotatable bonds is 6. The van der Waals surface area contributed by atoms with E-state index in [1.165, 1.54) is 0 Å². The van der Waals surface area contributed by atoms with Crippen LogP contribution in [0.5, 0.6) is 0 Å². The molecular weight excluding hydrogens is 460 g/mol. The summed E-state index contributed by atoms with van der Waals surface area (Å²) < 4.78 is 4.15. The van der Waals surface area contributed by atoms with E-state index in [0.717, 1.165) is 43.7 Å². The van der Waals surface area contributed by atoms with Gasteiger partial charge in [-0.25, -0.2) is 9.97 Å². The lowest BCUT2D eigenvalue weighted by Crippen LogP contribution is -1.96. The fourth-order valence-corrected chi connectivity index (χ4v) is 5.44. The van der Waals surface area contributed by atoms with E-state index in [0.29, 0.717) is 0 Å². The molecule has 0 aliphatic carbocycles. The summed E-state index contributed by atoms with van der Waals surface area (Å²) in [5.74, 6) is 1.31. The highest BCUT2D eigenvalue weighted by atomic mass is 32.1. The zero-order valence-corrected chi connectivity index (χ0v) is 19.5. The van der Waals surface area contributed by atoms with Crippen molar-refractivity contribution in [2.75, 3.05) is 0 Å². The molecule has 0 atom stereocenters. The molecule has 164 valence electrons. The zero-order valence-electron chi connectivity index (χ0n) is 17.9. The summed E-state index contributed by atoms with van der Waals surface area (Å²) >= 11 is 3.27. The number of para-hydroxylation sites is 4. The number of thiophene rings is 2. The number of allylic oxidation sites excluding steroid dienone is 2. The van der Waals surface area contributed by atoms with Gasteiger partial charge >= 0.3 is 0 Å². The number of hydrogen-bond donors (Lipinski definition) is 0. The van der Waals surface area contributed by atoms with Crippen LogP contribution in [0.1, 0.15) is 11.6 Å². The predicted molar refractivity (Wildman–Crippen MR) is 141 cm³/mol. The van der Waals surface area contributed by atoms with E-state index in [1.807, 2.05) is 83.6 Å². The van der Waals surface area contributed by atoms with Gasteiger partial charge in [-0.1, -0.05) is 24.3 Å². The van der Waals surface area contributed by atoms with Gasteiger partial charge in [0.05, 0.1) is 22.1 Å². The maximum Gasteiger partial charge on any atom is 0.178 e. The number of aromatic nitrogens is 4. The van der Waals surface area contributed by atoms with Gasteiger partial charge in [-0.2, -0.15) is 0 Å². The van der Waals surface area contributed by atoms with Crippen LogP contribution in [0.2, 0.25) is 0 Å². The van der Waals surface area contributed by atoms with Gasteiger partial charge in [0.2, 0.25) is 0 Å². The molecule has 0 aliphatic rings. The summed E-state index contributed by atoms with van der Waals surface area (Å²) in [5, 5.41) is 6.18.